The second kappa shape index (κ2) is 4.62. The van der Waals surface area contributed by atoms with Crippen LogP contribution in [-0.2, 0) is 4.79 Å². The zero-order chi connectivity index (χ0) is 10.8. The second-order valence-corrected chi connectivity index (χ2v) is 5.05. The maximum absolute atomic E-state index is 11.5. The van der Waals surface area contributed by atoms with Gasteiger partial charge in [0.15, 0.2) is 0 Å². The zero-order valence-corrected chi connectivity index (χ0v) is 9.48. The molecule has 1 N–H and O–H groups in total. The highest BCUT2D eigenvalue weighted by atomic mass is 16.3. The minimum Gasteiger partial charge on any atom is -0.393 e. The molecule has 0 aromatic carbocycles. The molecule has 0 radical (unpaired) electrons. The standard InChI is InChI=1S/C12H21NO2/c1-2-3-10(14)7-13-6-9-4-5-12(15)11(9)8-13/h9,11-12,15H,2-8H2,1H3. The fraction of sp³-hybridized carbons (Fsp3) is 0.917. The van der Waals surface area contributed by atoms with E-state index in [0.29, 0.717) is 30.6 Å². The Morgan fingerprint density at radius 1 is 1.40 bits per heavy atom. The lowest BCUT2D eigenvalue weighted by atomic mass is 10.00. The van der Waals surface area contributed by atoms with E-state index in [1.54, 1.807) is 0 Å². The van der Waals surface area contributed by atoms with Crippen molar-refractivity contribution in [3.8, 4) is 0 Å². The Morgan fingerprint density at radius 3 is 2.87 bits per heavy atom. The Kier molecular flexibility index (Phi) is 3.42. The van der Waals surface area contributed by atoms with E-state index in [9.17, 15) is 9.90 Å². The number of rotatable bonds is 4. The van der Waals surface area contributed by atoms with Crippen LogP contribution in [0.15, 0.2) is 0 Å². The summed E-state index contributed by atoms with van der Waals surface area (Å²) in [5.41, 5.74) is 0. The van der Waals surface area contributed by atoms with Crippen LogP contribution in [0.4, 0.5) is 0 Å². The first kappa shape index (κ1) is 11.1. The Labute approximate surface area is 91.5 Å². The SMILES string of the molecule is CCCC(=O)CN1CC2CCC(O)C2C1. The predicted molar refractivity (Wildman–Crippen MR) is 58.6 cm³/mol. The number of aliphatic hydroxyl groups is 1. The van der Waals surface area contributed by atoms with Crippen LogP contribution in [0.5, 0.6) is 0 Å². The van der Waals surface area contributed by atoms with Gasteiger partial charge in [-0.3, -0.25) is 9.69 Å². The van der Waals surface area contributed by atoms with Crippen molar-refractivity contribution in [3.63, 3.8) is 0 Å². The molecule has 2 fully saturated rings. The molecule has 3 heteroatoms. The van der Waals surface area contributed by atoms with Crippen molar-refractivity contribution in [2.24, 2.45) is 11.8 Å². The average Bonchev–Trinajstić information content (AvgIpc) is 2.69. The number of Topliss-reactive ketones (excluding diaryl/α,β-unsaturated/α-hetero) is 1. The van der Waals surface area contributed by atoms with Crippen LogP contribution >= 0.6 is 0 Å². The highest BCUT2D eigenvalue weighted by Gasteiger charge is 2.41. The number of likely N-dealkylation sites (tertiary alicyclic amines) is 1. The summed E-state index contributed by atoms with van der Waals surface area (Å²) in [6.07, 6.45) is 3.65. The number of nitrogens with zero attached hydrogens (tertiary/aromatic N) is 1. The van der Waals surface area contributed by atoms with Crippen molar-refractivity contribution in [2.75, 3.05) is 19.6 Å². The van der Waals surface area contributed by atoms with Gasteiger partial charge in [-0.15, -0.1) is 0 Å². The van der Waals surface area contributed by atoms with Crippen molar-refractivity contribution in [1.82, 2.24) is 4.90 Å². The number of fused-ring (bicyclic) bond motifs is 1. The molecule has 0 amide bonds. The van der Waals surface area contributed by atoms with Crippen LogP contribution in [-0.4, -0.2) is 41.5 Å². The summed E-state index contributed by atoms with van der Waals surface area (Å²) in [6, 6.07) is 0. The van der Waals surface area contributed by atoms with E-state index >= 15 is 0 Å². The van der Waals surface area contributed by atoms with Gasteiger partial charge in [-0.1, -0.05) is 6.92 Å². The molecular weight excluding hydrogens is 190 g/mol. The first-order valence-electron chi connectivity index (χ1n) is 6.12. The van der Waals surface area contributed by atoms with Gasteiger partial charge >= 0.3 is 0 Å². The van der Waals surface area contributed by atoms with E-state index < -0.39 is 0 Å². The van der Waals surface area contributed by atoms with Crippen LogP contribution in [0.3, 0.4) is 0 Å². The molecule has 1 heterocycles. The van der Waals surface area contributed by atoms with Gasteiger partial charge in [0.25, 0.3) is 0 Å². The van der Waals surface area contributed by atoms with Crippen molar-refractivity contribution >= 4 is 5.78 Å². The summed E-state index contributed by atoms with van der Waals surface area (Å²) in [4.78, 5) is 13.7. The normalized spacial score (nSPS) is 35.7. The van der Waals surface area contributed by atoms with Crippen molar-refractivity contribution in [2.45, 2.75) is 38.7 Å². The third kappa shape index (κ3) is 2.40. The van der Waals surface area contributed by atoms with Gasteiger partial charge in [0.05, 0.1) is 12.6 Å². The summed E-state index contributed by atoms with van der Waals surface area (Å²) in [5.74, 6) is 1.45. The van der Waals surface area contributed by atoms with Crippen LogP contribution in [0.1, 0.15) is 32.6 Å². The van der Waals surface area contributed by atoms with E-state index in [-0.39, 0.29) is 6.10 Å². The number of carbonyl (C=O) groups excluding carboxylic acids is 1. The summed E-state index contributed by atoms with van der Waals surface area (Å²) < 4.78 is 0. The molecular formula is C12H21NO2. The molecule has 0 bridgehead atoms. The highest BCUT2D eigenvalue weighted by Crippen LogP contribution is 2.37. The monoisotopic (exact) mass is 211 g/mol. The van der Waals surface area contributed by atoms with Gasteiger partial charge in [0.1, 0.15) is 5.78 Å². The van der Waals surface area contributed by atoms with Crippen molar-refractivity contribution < 1.29 is 9.90 Å². The molecule has 15 heavy (non-hydrogen) atoms. The van der Waals surface area contributed by atoms with Gasteiger partial charge in [-0.25, -0.2) is 0 Å². The van der Waals surface area contributed by atoms with Gasteiger partial charge in [0, 0.05) is 25.4 Å². The number of aliphatic hydroxyl groups excluding tert-OH is 1. The molecule has 3 nitrogen and oxygen atoms in total. The van der Waals surface area contributed by atoms with E-state index in [1.807, 2.05) is 6.92 Å². The van der Waals surface area contributed by atoms with Crippen LogP contribution < -0.4 is 0 Å². The zero-order valence-electron chi connectivity index (χ0n) is 9.48. The Morgan fingerprint density at radius 2 is 2.20 bits per heavy atom. The van der Waals surface area contributed by atoms with E-state index in [2.05, 4.69) is 4.90 Å². The largest absolute Gasteiger partial charge is 0.393 e. The highest BCUT2D eigenvalue weighted by molar-refractivity contribution is 5.80. The fourth-order valence-corrected chi connectivity index (χ4v) is 3.07. The van der Waals surface area contributed by atoms with Crippen LogP contribution in [0, 0.1) is 11.8 Å². The first-order chi connectivity index (χ1) is 7.20. The van der Waals surface area contributed by atoms with Crippen molar-refractivity contribution in [3.05, 3.63) is 0 Å². The average molecular weight is 211 g/mol. The lowest BCUT2D eigenvalue weighted by molar-refractivity contribution is -0.120. The molecule has 1 saturated heterocycles. The lowest BCUT2D eigenvalue weighted by Crippen LogP contribution is -2.29. The molecule has 1 aliphatic heterocycles. The number of ketones is 1. The van der Waals surface area contributed by atoms with Crippen LogP contribution in [0.25, 0.3) is 0 Å². The maximum atomic E-state index is 11.5. The van der Waals surface area contributed by atoms with E-state index in [4.69, 9.17) is 0 Å². The summed E-state index contributed by atoms with van der Waals surface area (Å²) in [6.45, 7) is 4.60. The molecule has 0 aromatic heterocycles. The minimum atomic E-state index is -0.110. The number of hydrogen-bond donors (Lipinski definition) is 1. The minimum absolute atomic E-state index is 0.110. The predicted octanol–water partition coefficient (Wildman–Crippen LogP) is 1.06. The van der Waals surface area contributed by atoms with E-state index in [1.165, 1.54) is 0 Å². The maximum Gasteiger partial charge on any atom is 0.146 e. The van der Waals surface area contributed by atoms with Gasteiger partial charge in [-0.05, 0) is 25.2 Å². The molecule has 3 atom stereocenters. The molecule has 0 spiro atoms. The summed E-state index contributed by atoms with van der Waals surface area (Å²) >= 11 is 0. The van der Waals surface area contributed by atoms with Crippen molar-refractivity contribution in [1.29, 1.82) is 0 Å². The summed E-state index contributed by atoms with van der Waals surface area (Å²) in [7, 11) is 0. The molecule has 1 saturated carbocycles. The molecule has 2 rings (SSSR count). The smallest absolute Gasteiger partial charge is 0.146 e. The molecule has 0 aromatic rings. The quantitative estimate of drug-likeness (QED) is 0.756. The first-order valence-corrected chi connectivity index (χ1v) is 6.12. The Hall–Kier alpha value is -0.410. The number of hydrogen-bond acceptors (Lipinski definition) is 3. The van der Waals surface area contributed by atoms with Gasteiger partial charge in [0.2, 0.25) is 0 Å². The second-order valence-electron chi connectivity index (χ2n) is 5.05. The third-order valence-electron chi connectivity index (χ3n) is 3.82. The molecule has 86 valence electrons. The Bertz CT molecular complexity index is 242. The lowest BCUT2D eigenvalue weighted by Gasteiger charge is -2.16. The fourth-order valence-electron chi connectivity index (χ4n) is 3.07. The van der Waals surface area contributed by atoms with Gasteiger partial charge < -0.3 is 5.11 Å². The molecule has 2 aliphatic rings. The topological polar surface area (TPSA) is 40.5 Å². The van der Waals surface area contributed by atoms with E-state index in [0.717, 1.165) is 32.4 Å². The molecule has 1 aliphatic carbocycles. The third-order valence-corrected chi connectivity index (χ3v) is 3.82. The van der Waals surface area contributed by atoms with Crippen LogP contribution in [0.2, 0.25) is 0 Å². The van der Waals surface area contributed by atoms with Gasteiger partial charge in [-0.2, -0.15) is 0 Å². The molecule has 3 unspecified atom stereocenters. The number of carbonyl (C=O) groups is 1. The summed E-state index contributed by atoms with van der Waals surface area (Å²) in [5, 5.41) is 9.74. The Balaban J connectivity index is 1.81.